The number of fused-ring (bicyclic) bond motifs is 1. The zero-order valence-corrected chi connectivity index (χ0v) is 11.6. The third kappa shape index (κ3) is 2.28. The molecule has 0 atom stereocenters. The van der Waals surface area contributed by atoms with Crippen molar-refractivity contribution < 1.29 is 0 Å². The second-order valence-corrected chi connectivity index (χ2v) is 4.62. The molecule has 100 valence electrons. The standard InChI is InChI=1S/C16H16N4/c1-19-15-11-7-6-10-14(15)18-16(19)12-17-20(2)13-8-4-3-5-9-13/h3-12H,1-2H3. The van der Waals surface area contributed by atoms with Crippen molar-refractivity contribution in [3.63, 3.8) is 0 Å². The van der Waals surface area contributed by atoms with Crippen molar-refractivity contribution >= 4 is 22.9 Å². The largest absolute Gasteiger partial charge is 0.326 e. The molecular weight excluding hydrogens is 248 g/mol. The molecule has 1 heterocycles. The Labute approximate surface area is 118 Å². The molecule has 0 aliphatic heterocycles. The molecule has 0 amide bonds. The molecule has 0 unspecified atom stereocenters. The molecule has 0 saturated heterocycles. The molecule has 3 rings (SSSR count). The van der Waals surface area contributed by atoms with Crippen molar-refractivity contribution in [1.29, 1.82) is 0 Å². The predicted octanol–water partition coefficient (Wildman–Crippen LogP) is 3.04. The molecule has 0 bridgehead atoms. The van der Waals surface area contributed by atoms with E-state index in [4.69, 9.17) is 0 Å². The molecule has 0 aliphatic carbocycles. The first-order valence-corrected chi connectivity index (χ1v) is 6.50. The third-order valence-electron chi connectivity index (χ3n) is 3.30. The van der Waals surface area contributed by atoms with Crippen molar-refractivity contribution in [3.05, 3.63) is 60.4 Å². The summed E-state index contributed by atoms with van der Waals surface area (Å²) in [6, 6.07) is 18.1. The van der Waals surface area contributed by atoms with Crippen molar-refractivity contribution in [2.24, 2.45) is 12.1 Å². The van der Waals surface area contributed by atoms with Crippen LogP contribution in [0.5, 0.6) is 0 Å². The van der Waals surface area contributed by atoms with Gasteiger partial charge in [0.1, 0.15) is 0 Å². The normalized spacial score (nSPS) is 11.3. The van der Waals surface area contributed by atoms with Gasteiger partial charge in [-0.05, 0) is 24.3 Å². The van der Waals surface area contributed by atoms with Gasteiger partial charge >= 0.3 is 0 Å². The quantitative estimate of drug-likeness (QED) is 0.538. The second kappa shape index (κ2) is 5.17. The fraction of sp³-hybridized carbons (Fsp3) is 0.125. The summed E-state index contributed by atoms with van der Waals surface area (Å²) in [6.07, 6.45) is 1.78. The summed E-state index contributed by atoms with van der Waals surface area (Å²) in [5.74, 6) is 0.842. The molecule has 0 aliphatic rings. The molecular formula is C16H16N4. The maximum absolute atomic E-state index is 4.56. The van der Waals surface area contributed by atoms with E-state index in [2.05, 4.69) is 16.2 Å². The highest BCUT2D eigenvalue weighted by Gasteiger charge is 2.04. The zero-order chi connectivity index (χ0) is 13.9. The minimum absolute atomic E-state index is 0.842. The Bertz CT molecular complexity index is 744. The summed E-state index contributed by atoms with van der Waals surface area (Å²) >= 11 is 0. The molecule has 2 aromatic carbocycles. The topological polar surface area (TPSA) is 33.4 Å². The lowest BCUT2D eigenvalue weighted by Crippen LogP contribution is -2.09. The van der Waals surface area contributed by atoms with Crippen LogP contribution in [0.2, 0.25) is 0 Å². The summed E-state index contributed by atoms with van der Waals surface area (Å²) in [5, 5.41) is 6.28. The number of rotatable bonds is 3. The maximum Gasteiger partial charge on any atom is 0.153 e. The molecule has 20 heavy (non-hydrogen) atoms. The van der Waals surface area contributed by atoms with Crippen molar-refractivity contribution in [2.45, 2.75) is 0 Å². The molecule has 0 N–H and O–H groups in total. The molecule has 4 heteroatoms. The predicted molar refractivity (Wildman–Crippen MR) is 83.2 cm³/mol. The summed E-state index contributed by atoms with van der Waals surface area (Å²) in [6.45, 7) is 0. The maximum atomic E-state index is 4.56. The number of hydrogen-bond donors (Lipinski definition) is 0. The molecule has 0 spiro atoms. The van der Waals surface area contributed by atoms with Gasteiger partial charge in [-0.2, -0.15) is 5.10 Å². The van der Waals surface area contributed by atoms with Crippen molar-refractivity contribution in [1.82, 2.24) is 9.55 Å². The summed E-state index contributed by atoms with van der Waals surface area (Å²) in [5.41, 5.74) is 3.14. The molecule has 4 nitrogen and oxygen atoms in total. The monoisotopic (exact) mass is 264 g/mol. The Morgan fingerprint density at radius 1 is 1.05 bits per heavy atom. The smallest absolute Gasteiger partial charge is 0.153 e. The van der Waals surface area contributed by atoms with Gasteiger partial charge in [0.25, 0.3) is 0 Å². The van der Waals surface area contributed by atoms with Gasteiger partial charge in [0.2, 0.25) is 0 Å². The lowest BCUT2D eigenvalue weighted by Gasteiger charge is -2.11. The van der Waals surface area contributed by atoms with Gasteiger partial charge in [0.05, 0.1) is 22.9 Å². The first kappa shape index (κ1) is 12.4. The van der Waals surface area contributed by atoms with E-state index in [0.717, 1.165) is 22.5 Å². The highest BCUT2D eigenvalue weighted by molar-refractivity contribution is 5.85. The van der Waals surface area contributed by atoms with E-state index < -0.39 is 0 Å². The Morgan fingerprint density at radius 2 is 1.75 bits per heavy atom. The average molecular weight is 264 g/mol. The van der Waals surface area contributed by atoms with E-state index in [-0.39, 0.29) is 0 Å². The lowest BCUT2D eigenvalue weighted by atomic mass is 10.3. The fourth-order valence-electron chi connectivity index (χ4n) is 2.13. The van der Waals surface area contributed by atoms with Crippen LogP contribution in [-0.2, 0) is 7.05 Å². The van der Waals surface area contributed by atoms with Gasteiger partial charge < -0.3 is 4.57 Å². The average Bonchev–Trinajstić information content (AvgIpc) is 2.83. The van der Waals surface area contributed by atoms with Crippen LogP contribution in [0.3, 0.4) is 0 Å². The number of imidazole rings is 1. The number of aromatic nitrogens is 2. The van der Waals surface area contributed by atoms with Gasteiger partial charge in [-0.3, -0.25) is 5.01 Å². The van der Waals surface area contributed by atoms with Gasteiger partial charge in [-0.25, -0.2) is 4.98 Å². The van der Waals surface area contributed by atoms with E-state index >= 15 is 0 Å². The van der Waals surface area contributed by atoms with Crippen LogP contribution in [0.15, 0.2) is 59.7 Å². The number of hydrazone groups is 1. The molecule has 1 aromatic heterocycles. The Hall–Kier alpha value is -2.62. The summed E-state index contributed by atoms with van der Waals surface area (Å²) in [7, 11) is 3.92. The minimum atomic E-state index is 0.842. The van der Waals surface area contributed by atoms with E-state index in [1.54, 1.807) is 6.21 Å². The van der Waals surface area contributed by atoms with Crippen LogP contribution in [-0.4, -0.2) is 22.8 Å². The molecule has 3 aromatic rings. The van der Waals surface area contributed by atoms with E-state index in [1.807, 2.05) is 72.2 Å². The van der Waals surface area contributed by atoms with Crippen LogP contribution in [0.1, 0.15) is 5.82 Å². The highest BCUT2D eigenvalue weighted by Crippen LogP contribution is 2.14. The van der Waals surface area contributed by atoms with E-state index in [1.165, 1.54) is 0 Å². The van der Waals surface area contributed by atoms with Crippen LogP contribution in [0, 0.1) is 0 Å². The summed E-state index contributed by atoms with van der Waals surface area (Å²) < 4.78 is 2.04. The fourth-order valence-corrected chi connectivity index (χ4v) is 2.13. The number of para-hydroxylation sites is 3. The van der Waals surface area contributed by atoms with Crippen LogP contribution >= 0.6 is 0 Å². The first-order valence-electron chi connectivity index (χ1n) is 6.50. The number of nitrogens with zero attached hydrogens (tertiary/aromatic N) is 4. The Balaban J connectivity index is 1.89. The van der Waals surface area contributed by atoms with E-state index in [0.29, 0.717) is 0 Å². The number of benzene rings is 2. The van der Waals surface area contributed by atoms with Gasteiger partial charge in [0.15, 0.2) is 5.82 Å². The molecule has 0 saturated carbocycles. The zero-order valence-electron chi connectivity index (χ0n) is 11.6. The second-order valence-electron chi connectivity index (χ2n) is 4.62. The SMILES string of the molecule is CN(N=Cc1nc2ccccc2n1C)c1ccccc1. The minimum Gasteiger partial charge on any atom is -0.326 e. The van der Waals surface area contributed by atoms with Crippen molar-refractivity contribution in [2.75, 3.05) is 12.1 Å². The highest BCUT2D eigenvalue weighted by atomic mass is 15.4. The third-order valence-corrected chi connectivity index (χ3v) is 3.30. The molecule has 0 fully saturated rings. The van der Waals surface area contributed by atoms with Crippen LogP contribution in [0.25, 0.3) is 11.0 Å². The number of anilines is 1. The van der Waals surface area contributed by atoms with Gasteiger partial charge in [-0.1, -0.05) is 30.3 Å². The van der Waals surface area contributed by atoms with Crippen molar-refractivity contribution in [3.8, 4) is 0 Å². The first-order chi connectivity index (χ1) is 9.75. The Kier molecular flexibility index (Phi) is 3.21. The summed E-state index contributed by atoms with van der Waals surface area (Å²) in [4.78, 5) is 4.56. The van der Waals surface area contributed by atoms with Crippen LogP contribution in [0.4, 0.5) is 5.69 Å². The Morgan fingerprint density at radius 3 is 2.50 bits per heavy atom. The van der Waals surface area contributed by atoms with Gasteiger partial charge in [-0.15, -0.1) is 0 Å². The molecule has 0 radical (unpaired) electrons. The number of aryl methyl sites for hydroxylation is 1. The van der Waals surface area contributed by atoms with Crippen LogP contribution < -0.4 is 5.01 Å². The lowest BCUT2D eigenvalue weighted by molar-refractivity contribution is 0.927. The van der Waals surface area contributed by atoms with E-state index in [9.17, 15) is 0 Å². The number of hydrogen-bond acceptors (Lipinski definition) is 3. The van der Waals surface area contributed by atoms with Gasteiger partial charge in [0, 0.05) is 14.1 Å².